The lowest BCUT2D eigenvalue weighted by Gasteiger charge is -2.42. The number of benzene rings is 2. The van der Waals surface area contributed by atoms with Crippen molar-refractivity contribution in [1.29, 1.82) is 0 Å². The minimum atomic E-state index is -0.969. The zero-order valence-corrected chi connectivity index (χ0v) is 32.1. The van der Waals surface area contributed by atoms with E-state index in [1.807, 2.05) is 30.5 Å². The van der Waals surface area contributed by atoms with Crippen LogP contribution in [0.5, 0.6) is 5.75 Å². The average Bonchev–Trinajstić information content (AvgIpc) is 3.69. The molecule has 4 amide bonds. The number of imide groups is 2. The Kier molecular flexibility index (Phi) is 9.00. The Morgan fingerprint density at radius 2 is 1.46 bits per heavy atom. The maximum absolute atomic E-state index is 13.3. The predicted octanol–water partition coefficient (Wildman–Crippen LogP) is 5.16. The predicted molar refractivity (Wildman–Crippen MR) is 210 cm³/mol. The smallest absolute Gasteiger partial charge is 0.262 e. The summed E-state index contributed by atoms with van der Waals surface area (Å²) in [6.07, 6.45) is 10.6. The molecule has 1 atom stereocenters. The number of hydrogen-bond donors (Lipinski definition) is 2. The second-order valence-corrected chi connectivity index (χ2v) is 16.8. The number of aromatic amines is 1. The Morgan fingerprint density at radius 1 is 0.754 bits per heavy atom. The van der Waals surface area contributed by atoms with E-state index in [2.05, 4.69) is 44.4 Å². The summed E-state index contributed by atoms with van der Waals surface area (Å²) < 4.78 is 19.3. The number of carbonyl (C=O) groups is 4. The maximum Gasteiger partial charge on any atom is 0.262 e. The summed E-state index contributed by atoms with van der Waals surface area (Å²) in [6, 6.07) is 14.6. The van der Waals surface area contributed by atoms with Crippen molar-refractivity contribution in [2.24, 2.45) is 0 Å². The molecule has 10 rings (SSSR count). The lowest BCUT2D eigenvalue weighted by molar-refractivity contribution is -0.149. The molecule has 6 heterocycles. The van der Waals surface area contributed by atoms with Gasteiger partial charge in [-0.1, -0.05) is 0 Å². The van der Waals surface area contributed by atoms with Crippen LogP contribution < -0.4 is 19.9 Å². The topological polar surface area (TPSA) is 159 Å². The van der Waals surface area contributed by atoms with Gasteiger partial charge in [0.1, 0.15) is 28.9 Å². The molecule has 57 heavy (non-hydrogen) atoms. The van der Waals surface area contributed by atoms with Crippen LogP contribution in [0.1, 0.15) is 91.8 Å². The molecule has 0 bridgehead atoms. The van der Waals surface area contributed by atoms with Crippen molar-refractivity contribution in [2.45, 2.75) is 107 Å². The second-order valence-electron chi connectivity index (χ2n) is 16.8. The van der Waals surface area contributed by atoms with Crippen molar-refractivity contribution in [3.63, 3.8) is 0 Å². The van der Waals surface area contributed by atoms with Gasteiger partial charge in [-0.05, 0) is 113 Å². The van der Waals surface area contributed by atoms with Gasteiger partial charge in [0.05, 0.1) is 41.1 Å². The Morgan fingerprint density at radius 3 is 2.16 bits per heavy atom. The van der Waals surface area contributed by atoms with E-state index in [4.69, 9.17) is 19.2 Å². The normalized spacial score (nSPS) is 25.1. The molecule has 2 N–H and O–H groups in total. The van der Waals surface area contributed by atoms with Gasteiger partial charge in [-0.2, -0.15) is 5.10 Å². The average molecular weight is 774 g/mol. The van der Waals surface area contributed by atoms with E-state index in [1.165, 1.54) is 0 Å². The SMILES string of the molecule is CC1(Oc2ccc3[nH]nc(-c4ccnc(N5CCC(OC6CC(OC7CCN(c8ccc9c(c8)C(=O)N(C8CCC(=O)NC8=O)C9=O)CC7)C6)CC5)c4)c3c2)CC1. The van der Waals surface area contributed by atoms with E-state index in [0.29, 0.717) is 11.1 Å². The molecule has 4 aliphatic heterocycles. The van der Waals surface area contributed by atoms with E-state index in [9.17, 15) is 19.2 Å². The zero-order chi connectivity index (χ0) is 38.8. The highest BCUT2D eigenvalue weighted by molar-refractivity contribution is 6.23. The van der Waals surface area contributed by atoms with Gasteiger partial charge in [-0.25, -0.2) is 4.98 Å². The summed E-state index contributed by atoms with van der Waals surface area (Å²) in [7, 11) is 0. The number of aromatic nitrogens is 3. The van der Waals surface area contributed by atoms with E-state index in [1.54, 1.807) is 12.1 Å². The number of piperidine rings is 3. The largest absolute Gasteiger partial charge is 0.488 e. The zero-order valence-electron chi connectivity index (χ0n) is 32.1. The fourth-order valence-corrected chi connectivity index (χ4v) is 8.99. The number of nitrogens with one attached hydrogen (secondary N) is 2. The molecule has 6 aliphatic rings. The maximum atomic E-state index is 13.3. The number of ether oxygens (including phenoxy) is 3. The molecule has 14 heteroatoms. The summed E-state index contributed by atoms with van der Waals surface area (Å²) in [5.74, 6) is -0.127. The van der Waals surface area contributed by atoms with Gasteiger partial charge in [0.2, 0.25) is 11.8 Å². The van der Waals surface area contributed by atoms with Gasteiger partial charge in [-0.3, -0.25) is 34.5 Å². The Hall–Kier alpha value is -5.34. The minimum absolute atomic E-state index is 0.0390. The van der Waals surface area contributed by atoms with Crippen LogP contribution in [0, 0.1) is 0 Å². The van der Waals surface area contributed by atoms with Crippen LogP contribution in [0.2, 0.25) is 0 Å². The van der Waals surface area contributed by atoms with Crippen molar-refractivity contribution in [2.75, 3.05) is 36.0 Å². The Bertz CT molecular complexity index is 2250. The van der Waals surface area contributed by atoms with Crippen molar-refractivity contribution in [3.05, 3.63) is 65.9 Å². The van der Waals surface area contributed by atoms with Crippen molar-refractivity contribution in [1.82, 2.24) is 25.4 Å². The van der Waals surface area contributed by atoms with Gasteiger partial charge in [0.15, 0.2) is 0 Å². The lowest BCUT2D eigenvalue weighted by Crippen LogP contribution is -2.54. The number of carbonyl (C=O) groups excluding carboxylic acids is 4. The van der Waals surface area contributed by atoms with Crippen LogP contribution in [-0.4, -0.2) is 106 Å². The molecule has 1 unspecified atom stereocenters. The summed E-state index contributed by atoms with van der Waals surface area (Å²) in [5.41, 5.74) is 4.36. The van der Waals surface area contributed by atoms with E-state index in [0.717, 1.165) is 122 Å². The quantitative estimate of drug-likeness (QED) is 0.205. The molecule has 296 valence electrons. The van der Waals surface area contributed by atoms with Crippen molar-refractivity contribution >= 4 is 46.0 Å². The first-order valence-electron chi connectivity index (χ1n) is 20.5. The third-order valence-corrected chi connectivity index (χ3v) is 12.7. The molecule has 2 aromatic carbocycles. The van der Waals surface area contributed by atoms with Crippen molar-refractivity contribution < 1.29 is 33.4 Å². The number of pyridine rings is 1. The third kappa shape index (κ3) is 7.03. The summed E-state index contributed by atoms with van der Waals surface area (Å²) in [6.45, 7) is 5.48. The van der Waals surface area contributed by atoms with Gasteiger partial charge in [0.25, 0.3) is 11.8 Å². The standard InChI is InChI=1S/C43H47N7O7/c1-43(13-14-43)57-29-3-5-35-34(24-29)39(47-46-35)25-8-15-44-37(20-25)49-18-11-28(12-19-49)56-31-22-30(23-31)55-27-9-16-48(17-10-27)26-2-4-32-33(21-26)42(54)50(41(32)53)36-6-7-38(51)45-40(36)52/h2-5,8,15,20-21,24,27-28,30-31,36H,6-7,9-14,16-19,22-23H2,1H3,(H,46,47)(H,45,51,52). The first-order chi connectivity index (χ1) is 27.7. The molecule has 3 saturated heterocycles. The van der Waals surface area contributed by atoms with Gasteiger partial charge < -0.3 is 24.0 Å². The highest BCUT2D eigenvalue weighted by Gasteiger charge is 2.45. The van der Waals surface area contributed by atoms with Gasteiger partial charge in [0, 0.05) is 55.4 Å². The highest BCUT2D eigenvalue weighted by Crippen LogP contribution is 2.41. The van der Waals surface area contributed by atoms with E-state index >= 15 is 0 Å². The Labute approximate surface area is 330 Å². The number of rotatable bonds is 10. The third-order valence-electron chi connectivity index (χ3n) is 12.7. The molecule has 5 fully saturated rings. The molecule has 0 spiro atoms. The van der Waals surface area contributed by atoms with Gasteiger partial charge in [-0.15, -0.1) is 0 Å². The first-order valence-corrected chi connectivity index (χ1v) is 20.5. The number of hydrogen-bond acceptors (Lipinski definition) is 11. The van der Waals surface area contributed by atoms with Crippen LogP contribution in [0.4, 0.5) is 11.5 Å². The second kappa shape index (κ2) is 14.2. The highest BCUT2D eigenvalue weighted by atomic mass is 16.5. The molecular weight excluding hydrogens is 727 g/mol. The summed E-state index contributed by atoms with van der Waals surface area (Å²) in [4.78, 5) is 60.7. The molecule has 0 radical (unpaired) electrons. The molecule has 14 nitrogen and oxygen atoms in total. The van der Waals surface area contributed by atoms with Crippen LogP contribution >= 0.6 is 0 Å². The molecular formula is C43H47N7O7. The summed E-state index contributed by atoms with van der Waals surface area (Å²) in [5, 5.41) is 11.1. The first kappa shape index (κ1) is 36.0. The van der Waals surface area contributed by atoms with Crippen LogP contribution in [0.25, 0.3) is 22.2 Å². The lowest BCUT2D eigenvalue weighted by atomic mass is 9.90. The van der Waals surface area contributed by atoms with Crippen LogP contribution in [0.3, 0.4) is 0 Å². The number of amides is 4. The Balaban J connectivity index is 0.670. The molecule has 2 aliphatic carbocycles. The van der Waals surface area contributed by atoms with Gasteiger partial charge >= 0.3 is 0 Å². The number of anilines is 2. The minimum Gasteiger partial charge on any atom is -0.488 e. The fraction of sp³-hybridized carbons (Fsp3) is 0.488. The van der Waals surface area contributed by atoms with E-state index in [-0.39, 0.29) is 48.8 Å². The van der Waals surface area contributed by atoms with Crippen molar-refractivity contribution in [3.8, 4) is 17.0 Å². The monoisotopic (exact) mass is 773 g/mol. The van der Waals surface area contributed by atoms with E-state index < -0.39 is 23.8 Å². The number of nitrogens with zero attached hydrogens (tertiary/aromatic N) is 5. The molecule has 2 saturated carbocycles. The van der Waals surface area contributed by atoms with Crippen LogP contribution in [0.15, 0.2) is 54.7 Å². The summed E-state index contributed by atoms with van der Waals surface area (Å²) >= 11 is 0. The van der Waals surface area contributed by atoms with Crippen LogP contribution in [-0.2, 0) is 19.1 Å². The fourth-order valence-electron chi connectivity index (χ4n) is 8.99. The number of H-pyrrole nitrogens is 1. The number of fused-ring (bicyclic) bond motifs is 2. The molecule has 2 aromatic heterocycles. The molecule has 4 aromatic rings.